The molecule has 0 amide bonds. The summed E-state index contributed by atoms with van der Waals surface area (Å²) in [5.41, 5.74) is 0. The van der Waals surface area contributed by atoms with Crippen molar-refractivity contribution in [1.82, 2.24) is 4.90 Å². The molecule has 0 aliphatic carbocycles. The van der Waals surface area contributed by atoms with Crippen LogP contribution < -0.4 is 0 Å². The molecule has 0 rings (SSSR count). The van der Waals surface area contributed by atoms with Crippen LogP contribution >= 0.6 is 12.4 Å². The molecule has 0 aliphatic heterocycles. The van der Waals surface area contributed by atoms with E-state index in [1.54, 1.807) is 6.92 Å². The van der Waals surface area contributed by atoms with Crippen LogP contribution in [0.25, 0.3) is 0 Å². The zero-order chi connectivity index (χ0) is 8.20. The van der Waals surface area contributed by atoms with Gasteiger partial charge < -0.3 is 4.90 Å². The Morgan fingerprint density at radius 3 is 2.00 bits per heavy atom. The van der Waals surface area contributed by atoms with Gasteiger partial charge in [0.2, 0.25) is 0 Å². The third-order valence-electron chi connectivity index (χ3n) is 1.29. The molecular formula is C6H16ClNO2S. The third-order valence-corrected chi connectivity index (χ3v) is 2.97. The molecule has 0 saturated heterocycles. The standard InChI is InChI=1S/C6H15NO2S.ClH/c1-4-10(8,9)6-5-7(2)3;/h4-6H2,1-3H3;1H. The van der Waals surface area contributed by atoms with Crippen molar-refractivity contribution in [3.05, 3.63) is 0 Å². The smallest absolute Gasteiger partial charge is 0.151 e. The Labute approximate surface area is 75.1 Å². The highest BCUT2D eigenvalue weighted by Gasteiger charge is 2.06. The molecule has 70 valence electrons. The van der Waals surface area contributed by atoms with Gasteiger partial charge in [-0.05, 0) is 14.1 Å². The van der Waals surface area contributed by atoms with E-state index in [9.17, 15) is 8.42 Å². The number of rotatable bonds is 4. The average Bonchev–Trinajstić information content (AvgIpc) is 1.85. The third kappa shape index (κ3) is 8.10. The molecule has 0 N–H and O–H groups in total. The van der Waals surface area contributed by atoms with Gasteiger partial charge in [0.1, 0.15) is 0 Å². The molecule has 0 bridgehead atoms. The van der Waals surface area contributed by atoms with Gasteiger partial charge in [-0.3, -0.25) is 0 Å². The summed E-state index contributed by atoms with van der Waals surface area (Å²) in [6, 6.07) is 0. The summed E-state index contributed by atoms with van der Waals surface area (Å²) in [6.07, 6.45) is 0. The van der Waals surface area contributed by atoms with Gasteiger partial charge in [-0.1, -0.05) is 6.92 Å². The van der Waals surface area contributed by atoms with Crippen LogP contribution in [0.3, 0.4) is 0 Å². The van der Waals surface area contributed by atoms with Crippen molar-refractivity contribution in [2.75, 3.05) is 32.1 Å². The van der Waals surface area contributed by atoms with Gasteiger partial charge in [0.05, 0.1) is 5.75 Å². The SMILES string of the molecule is CCS(=O)(=O)CCN(C)C.Cl. The van der Waals surface area contributed by atoms with Crippen molar-refractivity contribution < 1.29 is 8.42 Å². The summed E-state index contributed by atoms with van der Waals surface area (Å²) in [5, 5.41) is 0. The van der Waals surface area contributed by atoms with Gasteiger partial charge in [0, 0.05) is 12.3 Å². The van der Waals surface area contributed by atoms with Crippen LogP contribution in [0.5, 0.6) is 0 Å². The second-order valence-corrected chi connectivity index (χ2v) is 5.01. The Morgan fingerprint density at radius 1 is 1.27 bits per heavy atom. The summed E-state index contributed by atoms with van der Waals surface area (Å²) >= 11 is 0. The van der Waals surface area contributed by atoms with Gasteiger partial charge in [-0.15, -0.1) is 12.4 Å². The minimum atomic E-state index is -2.76. The second-order valence-electron chi connectivity index (χ2n) is 2.54. The first-order chi connectivity index (χ1) is 4.48. The van der Waals surface area contributed by atoms with Crippen molar-refractivity contribution in [2.24, 2.45) is 0 Å². The zero-order valence-electron chi connectivity index (χ0n) is 7.20. The van der Waals surface area contributed by atoms with Gasteiger partial charge >= 0.3 is 0 Å². The highest BCUT2D eigenvalue weighted by Crippen LogP contribution is 1.89. The molecule has 0 aliphatic rings. The average molecular weight is 202 g/mol. The summed E-state index contributed by atoms with van der Waals surface area (Å²) in [6.45, 7) is 2.29. The second kappa shape index (κ2) is 5.80. The predicted octanol–water partition coefficient (Wildman–Crippen LogP) is 0.405. The first-order valence-electron chi connectivity index (χ1n) is 3.33. The number of halogens is 1. The van der Waals surface area contributed by atoms with Crippen LogP contribution in [0.4, 0.5) is 0 Å². The van der Waals surface area contributed by atoms with Crippen molar-refractivity contribution in [2.45, 2.75) is 6.92 Å². The lowest BCUT2D eigenvalue weighted by Crippen LogP contribution is -2.22. The largest absolute Gasteiger partial charge is 0.308 e. The summed E-state index contributed by atoms with van der Waals surface area (Å²) in [4.78, 5) is 1.87. The van der Waals surface area contributed by atoms with E-state index in [-0.39, 0.29) is 23.9 Å². The molecule has 0 aromatic heterocycles. The monoisotopic (exact) mass is 201 g/mol. The molecule has 0 saturated carbocycles. The molecule has 0 aromatic rings. The van der Waals surface area contributed by atoms with Crippen molar-refractivity contribution in [3.8, 4) is 0 Å². The van der Waals surface area contributed by atoms with Crippen molar-refractivity contribution >= 4 is 22.2 Å². The Morgan fingerprint density at radius 2 is 1.73 bits per heavy atom. The van der Waals surface area contributed by atoms with Crippen molar-refractivity contribution in [1.29, 1.82) is 0 Å². The number of hydrogen-bond donors (Lipinski definition) is 0. The number of sulfone groups is 1. The van der Waals surface area contributed by atoms with E-state index in [1.807, 2.05) is 19.0 Å². The maximum Gasteiger partial charge on any atom is 0.151 e. The zero-order valence-corrected chi connectivity index (χ0v) is 8.83. The Kier molecular flexibility index (Phi) is 7.26. The van der Waals surface area contributed by atoms with Gasteiger partial charge in [0.15, 0.2) is 9.84 Å². The van der Waals surface area contributed by atoms with E-state index in [2.05, 4.69) is 0 Å². The lowest BCUT2D eigenvalue weighted by molar-refractivity contribution is 0.432. The summed E-state index contributed by atoms with van der Waals surface area (Å²) < 4.78 is 21.8. The molecular weight excluding hydrogens is 186 g/mol. The van der Waals surface area contributed by atoms with E-state index >= 15 is 0 Å². The lowest BCUT2D eigenvalue weighted by Gasteiger charge is -2.07. The van der Waals surface area contributed by atoms with E-state index in [1.165, 1.54) is 0 Å². The first-order valence-corrected chi connectivity index (χ1v) is 5.15. The van der Waals surface area contributed by atoms with Crippen LogP contribution in [0.2, 0.25) is 0 Å². The minimum absolute atomic E-state index is 0. The van der Waals surface area contributed by atoms with Crippen molar-refractivity contribution in [3.63, 3.8) is 0 Å². The fraction of sp³-hybridized carbons (Fsp3) is 1.00. The van der Waals surface area contributed by atoms with Crippen LogP contribution in [-0.4, -0.2) is 45.5 Å². The molecule has 3 nitrogen and oxygen atoms in total. The molecule has 0 fully saturated rings. The van der Waals surface area contributed by atoms with E-state index in [4.69, 9.17) is 0 Å². The quantitative estimate of drug-likeness (QED) is 0.661. The highest BCUT2D eigenvalue weighted by atomic mass is 35.5. The lowest BCUT2D eigenvalue weighted by atomic mass is 10.7. The fourth-order valence-corrected chi connectivity index (χ4v) is 1.40. The summed E-state index contributed by atoms with van der Waals surface area (Å²) in [5.74, 6) is 0.525. The van der Waals surface area contributed by atoms with Gasteiger partial charge in [0.25, 0.3) is 0 Å². The van der Waals surface area contributed by atoms with E-state index in [0.29, 0.717) is 6.54 Å². The Hall–Kier alpha value is 0.200. The molecule has 0 heterocycles. The topological polar surface area (TPSA) is 37.4 Å². The van der Waals surface area contributed by atoms with Crippen LogP contribution in [0.1, 0.15) is 6.92 Å². The minimum Gasteiger partial charge on any atom is -0.308 e. The van der Waals surface area contributed by atoms with Crippen LogP contribution in [0.15, 0.2) is 0 Å². The highest BCUT2D eigenvalue weighted by molar-refractivity contribution is 7.91. The van der Waals surface area contributed by atoms with E-state index in [0.717, 1.165) is 0 Å². The maximum absolute atomic E-state index is 10.9. The predicted molar refractivity (Wildman–Crippen MR) is 50.1 cm³/mol. The van der Waals surface area contributed by atoms with E-state index < -0.39 is 9.84 Å². The molecule has 5 heteroatoms. The Bertz CT molecular complexity index is 177. The molecule has 0 unspecified atom stereocenters. The molecule has 0 atom stereocenters. The Balaban J connectivity index is 0. The van der Waals surface area contributed by atoms with Crippen LogP contribution in [0, 0.1) is 0 Å². The van der Waals surface area contributed by atoms with Crippen LogP contribution in [-0.2, 0) is 9.84 Å². The first kappa shape index (κ1) is 13.8. The van der Waals surface area contributed by atoms with Gasteiger partial charge in [-0.2, -0.15) is 0 Å². The molecule has 11 heavy (non-hydrogen) atoms. The molecule has 0 spiro atoms. The summed E-state index contributed by atoms with van der Waals surface area (Å²) in [7, 11) is 0.976. The normalized spacial score (nSPS) is 11.3. The number of nitrogens with zero attached hydrogens (tertiary/aromatic N) is 1. The fourth-order valence-electron chi connectivity index (χ4n) is 0.466. The van der Waals surface area contributed by atoms with Gasteiger partial charge in [-0.25, -0.2) is 8.42 Å². The molecule has 0 radical (unpaired) electrons. The maximum atomic E-state index is 10.9. The number of hydrogen-bond acceptors (Lipinski definition) is 3. The molecule has 0 aromatic carbocycles.